The molecular weight excluding hydrogens is 293 g/mol. The van der Waals surface area contributed by atoms with Gasteiger partial charge >= 0.3 is 0 Å². The van der Waals surface area contributed by atoms with Crippen molar-refractivity contribution in [3.05, 3.63) is 27.7 Å². The number of nitrogens with two attached hydrogens (primary N) is 2. The Bertz CT molecular complexity index is 525. The van der Waals surface area contributed by atoms with Crippen LogP contribution in [0.5, 0.6) is 0 Å². The van der Waals surface area contributed by atoms with E-state index in [0.29, 0.717) is 10.8 Å². The maximum absolute atomic E-state index is 5.96. The van der Waals surface area contributed by atoms with E-state index < -0.39 is 0 Å². The predicted molar refractivity (Wildman–Crippen MR) is 66.8 cm³/mol. The lowest BCUT2D eigenvalue weighted by atomic mass is 10.2. The van der Waals surface area contributed by atoms with Gasteiger partial charge in [-0.15, -0.1) is 0 Å². The first-order valence-corrected chi connectivity index (χ1v) is 5.46. The Morgan fingerprint density at radius 3 is 2.25 bits per heavy atom. The number of hydrogen-bond donors (Lipinski definition) is 2. The van der Waals surface area contributed by atoms with Crippen LogP contribution in [0.15, 0.2) is 22.7 Å². The summed E-state index contributed by atoms with van der Waals surface area (Å²) < 4.78 is 0.799. The highest BCUT2D eigenvalue weighted by atomic mass is 79.9. The second kappa shape index (κ2) is 4.23. The van der Waals surface area contributed by atoms with E-state index in [1.807, 2.05) is 6.07 Å². The molecule has 1 aromatic carbocycles. The van der Waals surface area contributed by atoms with E-state index in [-0.39, 0.29) is 11.9 Å². The maximum Gasteiger partial charge on any atom is 0.225 e. The number of nitrogens with zero attached hydrogens (tertiary/aromatic N) is 3. The fourth-order valence-corrected chi connectivity index (χ4v) is 1.60. The molecule has 4 N–H and O–H groups in total. The summed E-state index contributed by atoms with van der Waals surface area (Å²) in [7, 11) is 0. The van der Waals surface area contributed by atoms with E-state index in [1.165, 1.54) is 0 Å². The van der Waals surface area contributed by atoms with Gasteiger partial charge in [0.1, 0.15) is 0 Å². The number of aromatic nitrogens is 3. The van der Waals surface area contributed by atoms with Crippen LogP contribution < -0.4 is 11.5 Å². The summed E-state index contributed by atoms with van der Waals surface area (Å²) in [5, 5.41) is 0.565. The molecule has 82 valence electrons. The van der Waals surface area contributed by atoms with Gasteiger partial charge in [0, 0.05) is 10.0 Å². The molecule has 0 spiro atoms. The predicted octanol–water partition coefficient (Wildman–Crippen LogP) is 2.12. The summed E-state index contributed by atoms with van der Waals surface area (Å²) in [5.41, 5.74) is 11.7. The zero-order chi connectivity index (χ0) is 11.7. The van der Waals surface area contributed by atoms with E-state index in [0.717, 1.165) is 10.0 Å². The van der Waals surface area contributed by atoms with E-state index >= 15 is 0 Å². The van der Waals surface area contributed by atoms with Crippen LogP contribution in [-0.4, -0.2) is 15.0 Å². The average Bonchev–Trinajstić information content (AvgIpc) is 2.20. The zero-order valence-corrected chi connectivity index (χ0v) is 10.3. The van der Waals surface area contributed by atoms with Crippen molar-refractivity contribution < 1.29 is 0 Å². The van der Waals surface area contributed by atoms with Gasteiger partial charge in [-0.25, -0.2) is 0 Å². The molecule has 0 atom stereocenters. The largest absolute Gasteiger partial charge is 0.368 e. The highest BCUT2D eigenvalue weighted by molar-refractivity contribution is 9.10. The van der Waals surface area contributed by atoms with Gasteiger partial charge in [-0.3, -0.25) is 0 Å². The van der Waals surface area contributed by atoms with Gasteiger partial charge in [-0.1, -0.05) is 11.6 Å². The molecule has 0 saturated heterocycles. The molecule has 2 rings (SSSR count). The molecule has 16 heavy (non-hydrogen) atoms. The van der Waals surface area contributed by atoms with E-state index in [9.17, 15) is 0 Å². The minimum Gasteiger partial charge on any atom is -0.368 e. The minimum absolute atomic E-state index is 0.0848. The Kier molecular flexibility index (Phi) is 2.93. The van der Waals surface area contributed by atoms with E-state index in [1.54, 1.807) is 12.1 Å². The third kappa shape index (κ3) is 2.23. The summed E-state index contributed by atoms with van der Waals surface area (Å²) in [4.78, 5) is 11.6. The Hall–Kier alpha value is -1.40. The second-order valence-corrected chi connectivity index (χ2v) is 4.27. The van der Waals surface area contributed by atoms with Crippen molar-refractivity contribution in [1.82, 2.24) is 15.0 Å². The molecule has 0 aliphatic rings. The maximum atomic E-state index is 5.96. The quantitative estimate of drug-likeness (QED) is 0.842. The first-order valence-electron chi connectivity index (χ1n) is 4.28. The standard InChI is InChI=1S/C9H7BrClN5/c10-5-2-1-4(3-6(5)11)7-14-8(12)16-9(13)15-7/h1-3H,(H4,12,13,14,15,16). The third-order valence-corrected chi connectivity index (χ3v) is 3.08. The summed E-state index contributed by atoms with van der Waals surface area (Å²) in [6.45, 7) is 0. The number of nitrogen functional groups attached to an aromatic ring is 2. The molecule has 1 aromatic heterocycles. The van der Waals surface area contributed by atoms with Gasteiger partial charge in [-0.05, 0) is 34.1 Å². The Balaban J connectivity index is 2.54. The number of anilines is 2. The van der Waals surface area contributed by atoms with Gasteiger partial charge < -0.3 is 11.5 Å². The molecule has 0 saturated carbocycles. The summed E-state index contributed by atoms with van der Waals surface area (Å²) in [6, 6.07) is 5.33. The Morgan fingerprint density at radius 1 is 1.06 bits per heavy atom. The lowest BCUT2D eigenvalue weighted by molar-refractivity contribution is 1.09. The van der Waals surface area contributed by atoms with Crippen LogP contribution in [-0.2, 0) is 0 Å². The van der Waals surface area contributed by atoms with Gasteiger partial charge in [0.25, 0.3) is 0 Å². The van der Waals surface area contributed by atoms with Gasteiger partial charge in [-0.2, -0.15) is 15.0 Å². The summed E-state index contributed by atoms with van der Waals surface area (Å²) >= 11 is 9.26. The average molecular weight is 301 g/mol. The molecule has 5 nitrogen and oxygen atoms in total. The van der Waals surface area contributed by atoms with Crippen LogP contribution in [0.4, 0.5) is 11.9 Å². The highest BCUT2D eigenvalue weighted by Gasteiger charge is 2.06. The molecule has 0 fully saturated rings. The monoisotopic (exact) mass is 299 g/mol. The van der Waals surface area contributed by atoms with Crippen molar-refractivity contribution in [2.45, 2.75) is 0 Å². The van der Waals surface area contributed by atoms with Crippen LogP contribution >= 0.6 is 27.5 Å². The van der Waals surface area contributed by atoms with Crippen molar-refractivity contribution >= 4 is 39.4 Å². The van der Waals surface area contributed by atoms with Crippen LogP contribution in [0, 0.1) is 0 Å². The molecule has 0 bridgehead atoms. The first kappa shape index (κ1) is 11.1. The lowest BCUT2D eigenvalue weighted by Crippen LogP contribution is -2.04. The topological polar surface area (TPSA) is 90.7 Å². The first-order chi connectivity index (χ1) is 7.56. The van der Waals surface area contributed by atoms with Crippen molar-refractivity contribution in [1.29, 1.82) is 0 Å². The number of rotatable bonds is 1. The van der Waals surface area contributed by atoms with Crippen LogP contribution in [0.2, 0.25) is 5.02 Å². The summed E-state index contributed by atoms with van der Waals surface area (Å²) in [5.74, 6) is 0.572. The minimum atomic E-state index is 0.0848. The van der Waals surface area contributed by atoms with Crippen molar-refractivity contribution in [2.75, 3.05) is 11.5 Å². The molecule has 0 amide bonds. The summed E-state index contributed by atoms with van der Waals surface area (Å²) in [6.07, 6.45) is 0. The zero-order valence-electron chi connectivity index (χ0n) is 7.98. The van der Waals surface area contributed by atoms with E-state index in [4.69, 9.17) is 23.1 Å². The van der Waals surface area contributed by atoms with Crippen molar-refractivity contribution in [2.24, 2.45) is 0 Å². The Labute approximate surface area is 105 Å². The van der Waals surface area contributed by atoms with Crippen LogP contribution in [0.1, 0.15) is 0 Å². The van der Waals surface area contributed by atoms with Crippen molar-refractivity contribution in [3.8, 4) is 11.4 Å². The number of hydrogen-bond acceptors (Lipinski definition) is 5. The number of halogens is 2. The smallest absolute Gasteiger partial charge is 0.225 e. The van der Waals surface area contributed by atoms with Crippen LogP contribution in [0.25, 0.3) is 11.4 Å². The van der Waals surface area contributed by atoms with Gasteiger partial charge in [0.05, 0.1) is 5.02 Å². The van der Waals surface area contributed by atoms with E-state index in [2.05, 4.69) is 30.9 Å². The third-order valence-electron chi connectivity index (χ3n) is 1.85. The molecule has 0 aliphatic heterocycles. The fraction of sp³-hybridized carbons (Fsp3) is 0. The molecular formula is C9H7BrClN5. The molecule has 7 heteroatoms. The second-order valence-electron chi connectivity index (χ2n) is 3.00. The number of benzene rings is 1. The molecule has 0 radical (unpaired) electrons. The SMILES string of the molecule is Nc1nc(N)nc(-c2ccc(Br)c(Cl)c2)n1. The normalized spacial score (nSPS) is 10.4. The van der Waals surface area contributed by atoms with Crippen molar-refractivity contribution in [3.63, 3.8) is 0 Å². The molecule has 2 aromatic rings. The lowest BCUT2D eigenvalue weighted by Gasteiger charge is -2.03. The van der Waals surface area contributed by atoms with Crippen LogP contribution in [0.3, 0.4) is 0 Å². The van der Waals surface area contributed by atoms with Gasteiger partial charge in [0.2, 0.25) is 11.9 Å². The molecule has 0 unspecified atom stereocenters. The molecule has 1 heterocycles. The van der Waals surface area contributed by atoms with Gasteiger partial charge in [0.15, 0.2) is 5.82 Å². The highest BCUT2D eigenvalue weighted by Crippen LogP contribution is 2.27. The molecule has 0 aliphatic carbocycles. The Morgan fingerprint density at radius 2 is 1.69 bits per heavy atom. The fourth-order valence-electron chi connectivity index (χ4n) is 1.17.